The van der Waals surface area contributed by atoms with Crippen molar-refractivity contribution in [2.45, 2.75) is 25.4 Å². The van der Waals surface area contributed by atoms with Gasteiger partial charge in [-0.2, -0.15) is 5.10 Å². The number of hydrogen-bond acceptors (Lipinski definition) is 2. The standard InChI is InChI=1S/C13H13BrIN3/c14-12-4-3-11(7-13(12)15)18-6-5-10(17-18)8-16-9-1-2-9/h3-7,9,16H,1-2,8H2. The smallest absolute Gasteiger partial charge is 0.0766 e. The molecule has 0 unspecified atom stereocenters. The first-order valence-corrected chi connectivity index (χ1v) is 7.83. The van der Waals surface area contributed by atoms with Crippen molar-refractivity contribution in [2.75, 3.05) is 0 Å². The quantitative estimate of drug-likeness (QED) is 0.771. The van der Waals surface area contributed by atoms with Gasteiger partial charge in [0.2, 0.25) is 0 Å². The van der Waals surface area contributed by atoms with Gasteiger partial charge >= 0.3 is 0 Å². The Morgan fingerprint density at radius 3 is 2.94 bits per heavy atom. The van der Waals surface area contributed by atoms with Crippen molar-refractivity contribution in [1.29, 1.82) is 0 Å². The summed E-state index contributed by atoms with van der Waals surface area (Å²) in [6.45, 7) is 0.866. The number of hydrogen-bond donors (Lipinski definition) is 1. The first kappa shape index (κ1) is 12.6. The van der Waals surface area contributed by atoms with Crippen LogP contribution >= 0.6 is 38.5 Å². The molecule has 3 rings (SSSR count). The van der Waals surface area contributed by atoms with Gasteiger partial charge in [0, 0.05) is 26.8 Å². The number of halogens is 2. The van der Waals surface area contributed by atoms with E-state index in [0.29, 0.717) is 0 Å². The molecule has 18 heavy (non-hydrogen) atoms. The van der Waals surface area contributed by atoms with Gasteiger partial charge in [0.15, 0.2) is 0 Å². The van der Waals surface area contributed by atoms with Crippen molar-refractivity contribution in [1.82, 2.24) is 15.1 Å². The van der Waals surface area contributed by atoms with Gasteiger partial charge in [-0.1, -0.05) is 0 Å². The SMILES string of the molecule is Brc1ccc(-n2ccc(CNC3CC3)n2)cc1I. The molecule has 1 aromatic carbocycles. The van der Waals surface area contributed by atoms with Crippen LogP contribution in [0.15, 0.2) is 34.9 Å². The maximum atomic E-state index is 4.59. The first-order chi connectivity index (χ1) is 8.72. The molecule has 0 bridgehead atoms. The molecule has 0 radical (unpaired) electrons. The molecular weight excluding hydrogens is 405 g/mol. The lowest BCUT2D eigenvalue weighted by Crippen LogP contribution is -2.15. The number of nitrogens with zero attached hydrogens (tertiary/aromatic N) is 2. The average molecular weight is 418 g/mol. The maximum Gasteiger partial charge on any atom is 0.0766 e. The minimum absolute atomic E-state index is 0.726. The van der Waals surface area contributed by atoms with Crippen molar-refractivity contribution in [3.63, 3.8) is 0 Å². The average Bonchev–Trinajstić information content (AvgIpc) is 3.08. The molecule has 0 amide bonds. The highest BCUT2D eigenvalue weighted by Crippen LogP contribution is 2.22. The molecule has 1 heterocycles. The van der Waals surface area contributed by atoms with Crippen molar-refractivity contribution in [2.24, 2.45) is 0 Å². The van der Waals surface area contributed by atoms with E-state index in [2.05, 4.69) is 73.2 Å². The summed E-state index contributed by atoms with van der Waals surface area (Å²) < 4.78 is 4.24. The van der Waals surface area contributed by atoms with E-state index in [4.69, 9.17) is 0 Å². The third-order valence-corrected chi connectivity index (χ3v) is 5.29. The minimum atomic E-state index is 0.726. The molecule has 0 aliphatic heterocycles. The molecule has 3 nitrogen and oxygen atoms in total. The lowest BCUT2D eigenvalue weighted by molar-refractivity contribution is 0.665. The Bertz CT molecular complexity index is 563. The zero-order valence-corrected chi connectivity index (χ0v) is 13.5. The fourth-order valence-electron chi connectivity index (χ4n) is 1.76. The van der Waals surface area contributed by atoms with Crippen molar-refractivity contribution in [3.8, 4) is 5.69 Å². The van der Waals surface area contributed by atoms with Crippen LogP contribution in [0.5, 0.6) is 0 Å². The minimum Gasteiger partial charge on any atom is -0.308 e. The van der Waals surface area contributed by atoms with Crippen molar-refractivity contribution < 1.29 is 0 Å². The Morgan fingerprint density at radius 2 is 2.22 bits per heavy atom. The molecule has 0 saturated heterocycles. The van der Waals surface area contributed by atoms with Crippen LogP contribution in [-0.4, -0.2) is 15.8 Å². The molecule has 1 N–H and O–H groups in total. The molecule has 0 atom stereocenters. The lowest BCUT2D eigenvalue weighted by atomic mass is 10.3. The van der Waals surface area contributed by atoms with Crippen LogP contribution in [0.2, 0.25) is 0 Å². The van der Waals surface area contributed by atoms with Gasteiger partial charge < -0.3 is 5.32 Å². The van der Waals surface area contributed by atoms with Gasteiger partial charge in [0.1, 0.15) is 0 Å². The summed E-state index contributed by atoms with van der Waals surface area (Å²) in [7, 11) is 0. The van der Waals surface area contributed by atoms with Crippen molar-refractivity contribution in [3.05, 3.63) is 44.2 Å². The van der Waals surface area contributed by atoms with Crippen LogP contribution in [0.1, 0.15) is 18.5 Å². The highest BCUT2D eigenvalue weighted by atomic mass is 127. The lowest BCUT2D eigenvalue weighted by Gasteiger charge is -2.03. The van der Waals surface area contributed by atoms with E-state index in [1.165, 1.54) is 16.4 Å². The molecule has 1 fully saturated rings. The van der Waals surface area contributed by atoms with Crippen LogP contribution in [0.3, 0.4) is 0 Å². The molecule has 1 aliphatic carbocycles. The van der Waals surface area contributed by atoms with E-state index in [1.54, 1.807) is 0 Å². The third kappa shape index (κ3) is 2.95. The Hall–Kier alpha value is -0.400. The molecule has 5 heteroatoms. The fraction of sp³-hybridized carbons (Fsp3) is 0.308. The normalized spacial score (nSPS) is 15.0. The highest BCUT2D eigenvalue weighted by molar-refractivity contribution is 14.1. The summed E-state index contributed by atoms with van der Waals surface area (Å²) in [4.78, 5) is 0. The van der Waals surface area contributed by atoms with Gasteiger partial charge in [-0.3, -0.25) is 0 Å². The second-order valence-electron chi connectivity index (χ2n) is 4.51. The number of nitrogens with one attached hydrogen (secondary N) is 1. The molecule has 1 aromatic heterocycles. The largest absolute Gasteiger partial charge is 0.308 e. The molecule has 1 aliphatic rings. The van der Waals surface area contributed by atoms with Crippen molar-refractivity contribution >= 4 is 38.5 Å². The zero-order chi connectivity index (χ0) is 12.5. The predicted molar refractivity (Wildman–Crippen MR) is 83.8 cm³/mol. The Labute approximate surface area is 128 Å². The van der Waals surface area contributed by atoms with Gasteiger partial charge in [-0.25, -0.2) is 4.68 Å². The zero-order valence-electron chi connectivity index (χ0n) is 9.74. The van der Waals surface area contributed by atoms with Gasteiger partial charge in [0.25, 0.3) is 0 Å². The summed E-state index contributed by atoms with van der Waals surface area (Å²) in [5.41, 5.74) is 2.19. The predicted octanol–water partition coefficient (Wildman–Crippen LogP) is 3.49. The number of rotatable bonds is 4. The Morgan fingerprint density at radius 1 is 1.39 bits per heavy atom. The van der Waals surface area contributed by atoms with Gasteiger partial charge in [0.05, 0.1) is 11.4 Å². The topological polar surface area (TPSA) is 29.9 Å². The summed E-state index contributed by atoms with van der Waals surface area (Å²) >= 11 is 5.82. The number of benzene rings is 1. The van der Waals surface area contributed by atoms with Crippen LogP contribution in [-0.2, 0) is 6.54 Å². The van der Waals surface area contributed by atoms with E-state index < -0.39 is 0 Å². The fourth-order valence-corrected chi connectivity index (χ4v) is 2.51. The van der Waals surface area contributed by atoms with E-state index >= 15 is 0 Å². The van der Waals surface area contributed by atoms with Crippen LogP contribution in [0.25, 0.3) is 5.69 Å². The Balaban J connectivity index is 1.76. The summed E-state index contributed by atoms with van der Waals surface area (Å²) in [6, 6.07) is 9.04. The maximum absolute atomic E-state index is 4.59. The third-order valence-electron chi connectivity index (χ3n) is 2.96. The second-order valence-corrected chi connectivity index (χ2v) is 6.52. The van der Waals surface area contributed by atoms with E-state index in [1.807, 2.05) is 10.9 Å². The van der Waals surface area contributed by atoms with Gasteiger partial charge in [-0.05, 0) is 75.6 Å². The number of aromatic nitrogens is 2. The van der Waals surface area contributed by atoms with Crippen LogP contribution in [0.4, 0.5) is 0 Å². The van der Waals surface area contributed by atoms with Crippen LogP contribution < -0.4 is 5.32 Å². The van der Waals surface area contributed by atoms with E-state index in [0.717, 1.165) is 28.4 Å². The molecule has 2 aromatic rings. The van der Waals surface area contributed by atoms with Crippen LogP contribution in [0, 0.1) is 3.57 Å². The van der Waals surface area contributed by atoms with E-state index in [9.17, 15) is 0 Å². The molecular formula is C13H13BrIN3. The molecule has 94 valence electrons. The summed E-state index contributed by atoms with van der Waals surface area (Å²) in [5, 5.41) is 8.06. The summed E-state index contributed by atoms with van der Waals surface area (Å²) in [6.07, 6.45) is 4.64. The monoisotopic (exact) mass is 417 g/mol. The molecule has 0 spiro atoms. The van der Waals surface area contributed by atoms with E-state index in [-0.39, 0.29) is 0 Å². The molecule has 1 saturated carbocycles. The highest BCUT2D eigenvalue weighted by Gasteiger charge is 2.20. The Kier molecular flexibility index (Phi) is 3.72. The van der Waals surface area contributed by atoms with Gasteiger partial charge in [-0.15, -0.1) is 0 Å². The summed E-state index contributed by atoms with van der Waals surface area (Å²) in [5.74, 6) is 0. The second kappa shape index (κ2) is 5.30. The first-order valence-electron chi connectivity index (χ1n) is 5.96.